The summed E-state index contributed by atoms with van der Waals surface area (Å²) >= 11 is 0. The molecule has 1 aromatic heterocycles. The van der Waals surface area contributed by atoms with Gasteiger partial charge in [-0.05, 0) is 37.8 Å². The van der Waals surface area contributed by atoms with Gasteiger partial charge in [0.25, 0.3) is 5.91 Å². The molecule has 1 saturated heterocycles. The van der Waals surface area contributed by atoms with Crippen LogP contribution >= 0.6 is 0 Å². The van der Waals surface area contributed by atoms with E-state index in [0.29, 0.717) is 5.92 Å². The van der Waals surface area contributed by atoms with Crippen LogP contribution in [0.25, 0.3) is 0 Å². The SMILES string of the molecule is CC(NC(=O)c1cc(C(=O)O)ccn1)C1CCOCC1. The molecule has 1 amide bonds. The summed E-state index contributed by atoms with van der Waals surface area (Å²) in [6, 6.07) is 2.66. The van der Waals surface area contributed by atoms with Gasteiger partial charge in [0.05, 0.1) is 5.56 Å². The number of carbonyl (C=O) groups excluding carboxylic acids is 1. The Balaban J connectivity index is 2.00. The van der Waals surface area contributed by atoms with Crippen LogP contribution in [-0.4, -0.2) is 41.2 Å². The van der Waals surface area contributed by atoms with Crippen molar-refractivity contribution in [2.75, 3.05) is 13.2 Å². The highest BCUT2D eigenvalue weighted by molar-refractivity contribution is 5.95. The number of carbonyl (C=O) groups is 2. The van der Waals surface area contributed by atoms with Crippen molar-refractivity contribution in [2.45, 2.75) is 25.8 Å². The minimum Gasteiger partial charge on any atom is -0.478 e. The number of aromatic carboxylic acids is 1. The van der Waals surface area contributed by atoms with Gasteiger partial charge in [0.15, 0.2) is 0 Å². The molecule has 2 heterocycles. The van der Waals surface area contributed by atoms with Crippen molar-refractivity contribution in [3.8, 4) is 0 Å². The number of hydrogen-bond donors (Lipinski definition) is 2. The van der Waals surface area contributed by atoms with E-state index in [-0.39, 0.29) is 23.2 Å². The lowest BCUT2D eigenvalue weighted by Crippen LogP contribution is -2.40. The van der Waals surface area contributed by atoms with Crippen LogP contribution in [0.4, 0.5) is 0 Å². The topological polar surface area (TPSA) is 88.5 Å². The summed E-state index contributed by atoms with van der Waals surface area (Å²) in [6.07, 6.45) is 3.17. The Hall–Kier alpha value is -1.95. The second-order valence-electron chi connectivity index (χ2n) is 4.95. The quantitative estimate of drug-likeness (QED) is 0.867. The summed E-state index contributed by atoms with van der Waals surface area (Å²) in [5.74, 6) is -1.03. The third-order valence-corrected chi connectivity index (χ3v) is 3.57. The first-order valence-corrected chi connectivity index (χ1v) is 6.66. The van der Waals surface area contributed by atoms with Gasteiger partial charge < -0.3 is 15.2 Å². The summed E-state index contributed by atoms with van der Waals surface area (Å²) in [5, 5.41) is 11.8. The maximum atomic E-state index is 12.1. The van der Waals surface area contributed by atoms with Gasteiger partial charge in [0.2, 0.25) is 0 Å². The molecule has 1 aliphatic rings. The van der Waals surface area contributed by atoms with E-state index in [1.807, 2.05) is 6.92 Å². The van der Waals surface area contributed by atoms with Gasteiger partial charge in [-0.3, -0.25) is 9.78 Å². The highest BCUT2D eigenvalue weighted by atomic mass is 16.5. The van der Waals surface area contributed by atoms with Crippen molar-refractivity contribution in [2.24, 2.45) is 5.92 Å². The molecule has 0 aromatic carbocycles. The summed E-state index contributed by atoms with van der Waals surface area (Å²) in [4.78, 5) is 26.9. The van der Waals surface area contributed by atoms with E-state index >= 15 is 0 Å². The predicted octanol–water partition coefficient (Wildman–Crippen LogP) is 1.32. The van der Waals surface area contributed by atoms with E-state index in [0.717, 1.165) is 26.1 Å². The Morgan fingerprint density at radius 2 is 2.15 bits per heavy atom. The summed E-state index contributed by atoms with van der Waals surface area (Å²) in [6.45, 7) is 3.39. The summed E-state index contributed by atoms with van der Waals surface area (Å²) < 4.78 is 5.29. The second-order valence-corrected chi connectivity index (χ2v) is 4.95. The number of pyridine rings is 1. The summed E-state index contributed by atoms with van der Waals surface area (Å²) in [7, 11) is 0. The average Bonchev–Trinajstić information content (AvgIpc) is 2.48. The molecular weight excluding hydrogens is 260 g/mol. The number of carboxylic acid groups (broad SMARTS) is 1. The lowest BCUT2D eigenvalue weighted by Gasteiger charge is -2.28. The number of nitrogens with zero attached hydrogens (tertiary/aromatic N) is 1. The zero-order valence-electron chi connectivity index (χ0n) is 11.3. The van der Waals surface area contributed by atoms with Crippen LogP contribution in [0.3, 0.4) is 0 Å². The second kappa shape index (κ2) is 6.47. The number of amides is 1. The molecule has 2 rings (SSSR count). The first kappa shape index (κ1) is 14.5. The fourth-order valence-electron chi connectivity index (χ4n) is 2.30. The van der Waals surface area contributed by atoms with E-state index in [1.165, 1.54) is 18.3 Å². The van der Waals surface area contributed by atoms with Crippen molar-refractivity contribution in [1.82, 2.24) is 10.3 Å². The van der Waals surface area contributed by atoms with Crippen LogP contribution in [-0.2, 0) is 4.74 Å². The third-order valence-electron chi connectivity index (χ3n) is 3.57. The zero-order chi connectivity index (χ0) is 14.5. The number of carboxylic acids is 1. The van der Waals surface area contributed by atoms with Gasteiger partial charge in [-0.25, -0.2) is 4.79 Å². The molecule has 6 nitrogen and oxygen atoms in total. The van der Waals surface area contributed by atoms with E-state index in [9.17, 15) is 9.59 Å². The number of rotatable bonds is 4. The number of aromatic nitrogens is 1. The molecular formula is C14H18N2O4. The van der Waals surface area contributed by atoms with E-state index in [2.05, 4.69) is 10.3 Å². The van der Waals surface area contributed by atoms with Crippen molar-refractivity contribution in [3.63, 3.8) is 0 Å². The molecule has 20 heavy (non-hydrogen) atoms. The van der Waals surface area contributed by atoms with Gasteiger partial charge in [-0.15, -0.1) is 0 Å². The predicted molar refractivity (Wildman–Crippen MR) is 71.7 cm³/mol. The largest absolute Gasteiger partial charge is 0.478 e. The molecule has 1 unspecified atom stereocenters. The molecule has 0 saturated carbocycles. The standard InChI is InChI=1S/C14H18N2O4/c1-9(10-3-6-20-7-4-10)16-13(17)12-8-11(14(18)19)2-5-15-12/h2,5,8-10H,3-4,6-7H2,1H3,(H,16,17)(H,18,19). The lowest BCUT2D eigenvalue weighted by atomic mass is 9.93. The van der Waals surface area contributed by atoms with E-state index in [4.69, 9.17) is 9.84 Å². The minimum absolute atomic E-state index is 0.0154. The van der Waals surface area contributed by atoms with Gasteiger partial charge in [-0.1, -0.05) is 0 Å². The monoisotopic (exact) mass is 278 g/mol. The van der Waals surface area contributed by atoms with Crippen LogP contribution in [0, 0.1) is 5.92 Å². The molecule has 6 heteroatoms. The lowest BCUT2D eigenvalue weighted by molar-refractivity contribution is 0.0537. The van der Waals surface area contributed by atoms with Crippen molar-refractivity contribution in [3.05, 3.63) is 29.6 Å². The molecule has 0 aliphatic carbocycles. The zero-order valence-corrected chi connectivity index (χ0v) is 11.3. The Morgan fingerprint density at radius 1 is 1.45 bits per heavy atom. The fourth-order valence-corrected chi connectivity index (χ4v) is 2.30. The third kappa shape index (κ3) is 3.54. The Morgan fingerprint density at radius 3 is 2.80 bits per heavy atom. The smallest absolute Gasteiger partial charge is 0.335 e. The number of ether oxygens (including phenoxy) is 1. The normalized spacial score (nSPS) is 17.4. The minimum atomic E-state index is -1.07. The number of nitrogens with one attached hydrogen (secondary N) is 1. The molecule has 1 aliphatic heterocycles. The Kier molecular flexibility index (Phi) is 4.68. The van der Waals surface area contributed by atoms with Gasteiger partial charge in [0, 0.05) is 25.5 Å². The fraction of sp³-hybridized carbons (Fsp3) is 0.500. The maximum Gasteiger partial charge on any atom is 0.335 e. The molecule has 108 valence electrons. The Labute approximate surface area is 117 Å². The highest BCUT2D eigenvalue weighted by Gasteiger charge is 2.22. The van der Waals surface area contributed by atoms with Gasteiger partial charge in [0.1, 0.15) is 5.69 Å². The first-order valence-electron chi connectivity index (χ1n) is 6.66. The van der Waals surface area contributed by atoms with Crippen LogP contribution in [0.1, 0.15) is 40.6 Å². The van der Waals surface area contributed by atoms with Gasteiger partial charge >= 0.3 is 5.97 Å². The average molecular weight is 278 g/mol. The molecule has 2 N–H and O–H groups in total. The van der Waals surface area contributed by atoms with Crippen LogP contribution in [0.15, 0.2) is 18.3 Å². The van der Waals surface area contributed by atoms with E-state index in [1.54, 1.807) is 0 Å². The molecule has 0 radical (unpaired) electrons. The van der Waals surface area contributed by atoms with Gasteiger partial charge in [-0.2, -0.15) is 0 Å². The first-order chi connectivity index (χ1) is 9.58. The molecule has 1 atom stereocenters. The van der Waals surface area contributed by atoms with Crippen LogP contribution in [0.5, 0.6) is 0 Å². The number of hydrogen-bond acceptors (Lipinski definition) is 4. The summed E-state index contributed by atoms with van der Waals surface area (Å²) in [5.41, 5.74) is 0.188. The maximum absolute atomic E-state index is 12.1. The van der Waals surface area contributed by atoms with Crippen LogP contribution in [0.2, 0.25) is 0 Å². The molecule has 1 aromatic rings. The van der Waals surface area contributed by atoms with Crippen molar-refractivity contribution in [1.29, 1.82) is 0 Å². The van der Waals surface area contributed by atoms with Crippen molar-refractivity contribution < 1.29 is 19.4 Å². The van der Waals surface area contributed by atoms with Crippen LogP contribution < -0.4 is 5.32 Å². The molecule has 0 bridgehead atoms. The Bertz CT molecular complexity index is 498. The van der Waals surface area contributed by atoms with Crippen molar-refractivity contribution >= 4 is 11.9 Å². The highest BCUT2D eigenvalue weighted by Crippen LogP contribution is 2.18. The van der Waals surface area contributed by atoms with E-state index < -0.39 is 5.97 Å². The molecule has 0 spiro atoms. The molecule has 1 fully saturated rings.